The van der Waals surface area contributed by atoms with E-state index >= 15 is 0 Å². The van der Waals surface area contributed by atoms with Gasteiger partial charge in [0.05, 0.1) is 26.4 Å². The van der Waals surface area contributed by atoms with E-state index in [1.54, 1.807) is 43.4 Å². The summed E-state index contributed by atoms with van der Waals surface area (Å²) in [5.74, 6) is 1.15. The molecule has 1 N–H and O–H groups in total. The van der Waals surface area contributed by atoms with Gasteiger partial charge < -0.3 is 24.4 Å². The van der Waals surface area contributed by atoms with E-state index in [0.717, 1.165) is 17.7 Å². The van der Waals surface area contributed by atoms with Gasteiger partial charge in [-0.2, -0.15) is 13.2 Å². The molecule has 1 heterocycles. The van der Waals surface area contributed by atoms with E-state index < -0.39 is 17.8 Å². The number of hydrogen-bond donors (Lipinski definition) is 1. The molecule has 3 aromatic carbocycles. The third-order valence-corrected chi connectivity index (χ3v) is 6.57. The van der Waals surface area contributed by atoms with Gasteiger partial charge in [0.15, 0.2) is 0 Å². The number of alkyl halides is 3. The minimum atomic E-state index is -4.43. The molecule has 1 saturated heterocycles. The van der Waals surface area contributed by atoms with Gasteiger partial charge in [0, 0.05) is 56.6 Å². The van der Waals surface area contributed by atoms with Crippen LogP contribution < -0.4 is 14.8 Å². The molecule has 0 radical (unpaired) electrons. The first-order valence-corrected chi connectivity index (χ1v) is 12.6. The number of amides is 2. The van der Waals surface area contributed by atoms with Crippen molar-refractivity contribution in [2.24, 2.45) is 0 Å². The molecule has 3 aromatic rings. The maximum absolute atomic E-state index is 13.3. The Morgan fingerprint density at radius 2 is 1.51 bits per heavy atom. The molecule has 0 bridgehead atoms. The lowest BCUT2D eigenvalue weighted by Crippen LogP contribution is -2.50. The number of anilines is 1. The van der Waals surface area contributed by atoms with Crippen LogP contribution in [0.1, 0.15) is 22.8 Å². The van der Waals surface area contributed by atoms with Crippen molar-refractivity contribution in [1.29, 1.82) is 0 Å². The fourth-order valence-electron chi connectivity index (χ4n) is 4.45. The molecule has 7 nitrogen and oxygen atoms in total. The Bertz CT molecular complexity index is 1210. The highest BCUT2D eigenvalue weighted by atomic mass is 19.4. The average Bonchev–Trinajstić information content (AvgIpc) is 2.95. The quantitative estimate of drug-likeness (QED) is 0.376. The highest BCUT2D eigenvalue weighted by Crippen LogP contribution is 2.33. The minimum absolute atomic E-state index is 0.213. The number of carbonyl (C=O) groups excluding carboxylic acids is 1. The van der Waals surface area contributed by atoms with E-state index in [4.69, 9.17) is 14.2 Å². The molecular weight excluding hydrogens is 511 g/mol. The van der Waals surface area contributed by atoms with Crippen LogP contribution in [0.2, 0.25) is 0 Å². The number of hydrogen-bond acceptors (Lipinski definition) is 5. The summed E-state index contributed by atoms with van der Waals surface area (Å²) in [6.45, 7) is 3.28. The van der Waals surface area contributed by atoms with Crippen LogP contribution in [-0.2, 0) is 10.9 Å². The summed E-state index contributed by atoms with van der Waals surface area (Å²) in [4.78, 5) is 16.7. The Hall–Kier alpha value is -3.76. The molecule has 4 rings (SSSR count). The first-order chi connectivity index (χ1) is 18.8. The largest absolute Gasteiger partial charge is 0.497 e. The number of nitrogens with one attached hydrogen (secondary N) is 1. The number of urea groups is 1. The fourth-order valence-corrected chi connectivity index (χ4v) is 4.45. The fraction of sp³-hybridized carbons (Fsp3) is 0.345. The number of ether oxygens (including phenoxy) is 3. The summed E-state index contributed by atoms with van der Waals surface area (Å²) < 4.78 is 56.6. The molecule has 10 heteroatoms. The van der Waals surface area contributed by atoms with Crippen molar-refractivity contribution in [1.82, 2.24) is 9.80 Å². The van der Waals surface area contributed by atoms with Gasteiger partial charge in [-0.15, -0.1) is 0 Å². The molecule has 39 heavy (non-hydrogen) atoms. The molecule has 1 aliphatic rings. The molecule has 1 fully saturated rings. The molecule has 0 aliphatic carbocycles. The number of carbonyl (C=O) groups is 1. The maximum atomic E-state index is 13.3. The smallest absolute Gasteiger partial charge is 0.416 e. The highest BCUT2D eigenvalue weighted by molar-refractivity contribution is 5.90. The van der Waals surface area contributed by atoms with Crippen LogP contribution in [-0.4, -0.2) is 69.4 Å². The van der Waals surface area contributed by atoms with Crippen molar-refractivity contribution in [2.45, 2.75) is 12.3 Å². The van der Waals surface area contributed by atoms with Crippen molar-refractivity contribution < 1.29 is 32.2 Å². The lowest BCUT2D eigenvalue weighted by atomic mass is 9.99. The lowest BCUT2D eigenvalue weighted by molar-refractivity contribution is -0.137. The molecule has 0 spiro atoms. The number of rotatable bonds is 9. The highest BCUT2D eigenvalue weighted by Gasteiger charge is 2.31. The van der Waals surface area contributed by atoms with Gasteiger partial charge in [0.25, 0.3) is 0 Å². The van der Waals surface area contributed by atoms with Gasteiger partial charge in [-0.3, -0.25) is 4.90 Å². The van der Waals surface area contributed by atoms with Gasteiger partial charge in [-0.1, -0.05) is 42.5 Å². The zero-order valence-corrected chi connectivity index (χ0v) is 21.9. The van der Waals surface area contributed by atoms with E-state index in [0.29, 0.717) is 62.1 Å². The SMILES string of the molecule is COc1cc(NC(=O)N2CCN(CCO[C@@H](c3ccccc3)c3cccc(C(F)(F)F)c3)CC2)cc(OC)c1. The predicted molar refractivity (Wildman–Crippen MR) is 142 cm³/mol. The van der Waals surface area contributed by atoms with Crippen LogP contribution in [0, 0.1) is 0 Å². The molecule has 208 valence electrons. The lowest BCUT2D eigenvalue weighted by Gasteiger charge is -2.35. The predicted octanol–water partition coefficient (Wildman–Crippen LogP) is 5.68. The molecule has 1 aliphatic heterocycles. The van der Waals surface area contributed by atoms with Crippen LogP contribution >= 0.6 is 0 Å². The Morgan fingerprint density at radius 1 is 0.872 bits per heavy atom. The van der Waals surface area contributed by atoms with E-state index in [9.17, 15) is 18.0 Å². The molecule has 2 amide bonds. The third kappa shape index (κ3) is 7.64. The molecular formula is C29H32F3N3O4. The van der Waals surface area contributed by atoms with Gasteiger partial charge in [-0.05, 0) is 23.3 Å². The Labute approximate surface area is 226 Å². The van der Waals surface area contributed by atoms with E-state index in [-0.39, 0.29) is 6.03 Å². The molecule has 0 unspecified atom stereocenters. The Balaban J connectivity index is 1.31. The molecule has 0 saturated carbocycles. The minimum Gasteiger partial charge on any atom is -0.497 e. The Morgan fingerprint density at radius 3 is 2.13 bits per heavy atom. The standard InChI is InChI=1S/C29H32F3N3O4/c1-37-25-18-24(19-26(20-25)38-2)33-28(36)35-13-11-34(12-14-35)15-16-39-27(21-7-4-3-5-8-21)22-9-6-10-23(17-22)29(30,31)32/h3-10,17-20,27H,11-16H2,1-2H3,(H,33,36)/t27-/m0/s1. The number of halogens is 3. The first-order valence-electron chi connectivity index (χ1n) is 12.6. The summed E-state index contributed by atoms with van der Waals surface area (Å²) in [6, 6.07) is 19.5. The van der Waals surface area contributed by atoms with Gasteiger partial charge >= 0.3 is 12.2 Å². The first kappa shape index (κ1) is 28.3. The van der Waals surface area contributed by atoms with Gasteiger partial charge in [-0.25, -0.2) is 4.79 Å². The van der Waals surface area contributed by atoms with Crippen LogP contribution in [0.3, 0.4) is 0 Å². The average molecular weight is 544 g/mol. The van der Waals surface area contributed by atoms with Crippen molar-refractivity contribution in [3.63, 3.8) is 0 Å². The summed E-state index contributed by atoms with van der Waals surface area (Å²) in [5.41, 5.74) is 1.11. The van der Waals surface area contributed by atoms with Crippen molar-refractivity contribution >= 4 is 11.7 Å². The number of benzene rings is 3. The second-order valence-electron chi connectivity index (χ2n) is 9.14. The second-order valence-corrected chi connectivity index (χ2v) is 9.14. The molecule has 0 aromatic heterocycles. The van der Waals surface area contributed by atoms with E-state index in [1.165, 1.54) is 6.07 Å². The number of piperazine rings is 1. The van der Waals surface area contributed by atoms with Crippen LogP contribution in [0.25, 0.3) is 0 Å². The van der Waals surface area contributed by atoms with E-state index in [2.05, 4.69) is 10.2 Å². The monoisotopic (exact) mass is 543 g/mol. The number of methoxy groups -OCH3 is 2. The van der Waals surface area contributed by atoms with Gasteiger partial charge in [0.1, 0.15) is 17.6 Å². The second kappa shape index (κ2) is 12.9. The third-order valence-electron chi connectivity index (χ3n) is 6.57. The summed E-state index contributed by atoms with van der Waals surface area (Å²) in [6.07, 6.45) is -5.05. The van der Waals surface area contributed by atoms with Crippen molar-refractivity contribution in [2.75, 3.05) is 58.9 Å². The van der Waals surface area contributed by atoms with Crippen molar-refractivity contribution in [3.8, 4) is 11.5 Å². The normalized spacial score (nSPS) is 15.1. The number of nitrogens with zero attached hydrogens (tertiary/aromatic N) is 2. The zero-order valence-electron chi connectivity index (χ0n) is 21.9. The summed E-state index contributed by atoms with van der Waals surface area (Å²) in [5, 5.41) is 2.89. The summed E-state index contributed by atoms with van der Waals surface area (Å²) >= 11 is 0. The van der Waals surface area contributed by atoms with Gasteiger partial charge in [0.2, 0.25) is 0 Å². The topological polar surface area (TPSA) is 63.3 Å². The van der Waals surface area contributed by atoms with E-state index in [1.807, 2.05) is 30.3 Å². The van der Waals surface area contributed by atoms with Crippen molar-refractivity contribution in [3.05, 3.63) is 89.5 Å². The van der Waals surface area contributed by atoms with Crippen LogP contribution in [0.5, 0.6) is 11.5 Å². The molecule has 1 atom stereocenters. The maximum Gasteiger partial charge on any atom is 0.416 e. The zero-order chi connectivity index (χ0) is 27.8. The Kier molecular flexibility index (Phi) is 9.32. The summed E-state index contributed by atoms with van der Waals surface area (Å²) in [7, 11) is 3.09. The van der Waals surface area contributed by atoms with Crippen LogP contribution in [0.15, 0.2) is 72.8 Å². The van der Waals surface area contributed by atoms with Crippen LogP contribution in [0.4, 0.5) is 23.7 Å².